The molecule has 0 aromatic heterocycles. The highest BCUT2D eigenvalue weighted by Gasteiger charge is 2.11. The zero-order valence-corrected chi connectivity index (χ0v) is 13.7. The molecule has 0 heterocycles. The van der Waals surface area contributed by atoms with Gasteiger partial charge in [0.1, 0.15) is 0 Å². The van der Waals surface area contributed by atoms with Crippen LogP contribution in [0.3, 0.4) is 0 Å². The minimum atomic E-state index is 0.213. The van der Waals surface area contributed by atoms with E-state index in [1.54, 1.807) is 5.01 Å². The van der Waals surface area contributed by atoms with Crippen molar-refractivity contribution in [2.75, 3.05) is 10.9 Å². The van der Waals surface area contributed by atoms with Crippen LogP contribution in [0, 0.1) is 0 Å². The van der Waals surface area contributed by atoms with Gasteiger partial charge >= 0.3 is 0 Å². The van der Waals surface area contributed by atoms with Crippen LogP contribution in [0.5, 0.6) is 0 Å². The molecule has 5 heteroatoms. The van der Waals surface area contributed by atoms with E-state index in [0.717, 1.165) is 29.8 Å². The molecule has 0 saturated carbocycles. The number of alkyl halides is 1. The van der Waals surface area contributed by atoms with Gasteiger partial charge in [-0.2, -0.15) is 5.10 Å². The van der Waals surface area contributed by atoms with E-state index in [2.05, 4.69) is 5.10 Å². The molecule has 2 rings (SSSR count). The van der Waals surface area contributed by atoms with Crippen LogP contribution < -0.4 is 10.7 Å². The number of rotatable bonds is 6. The van der Waals surface area contributed by atoms with Crippen molar-refractivity contribution in [1.29, 1.82) is 0 Å². The summed E-state index contributed by atoms with van der Waals surface area (Å²) in [6, 6.07) is 19.6. The Labute approximate surface area is 141 Å². The van der Waals surface area contributed by atoms with E-state index in [9.17, 15) is 0 Å². The lowest BCUT2D eigenvalue weighted by Crippen LogP contribution is -2.32. The molecule has 0 aliphatic heterocycles. The largest absolute Gasteiger partial charge is 0.374 e. The second-order valence-corrected chi connectivity index (χ2v) is 5.49. The van der Waals surface area contributed by atoms with Gasteiger partial charge in [0.2, 0.25) is 0 Å². The highest BCUT2D eigenvalue weighted by atomic mass is 35.5. The number of hydrogen-bond acceptors (Lipinski definition) is 2. The van der Waals surface area contributed by atoms with Crippen molar-refractivity contribution >= 4 is 40.3 Å². The molecule has 22 heavy (non-hydrogen) atoms. The van der Waals surface area contributed by atoms with Gasteiger partial charge in [-0.15, -0.1) is 11.6 Å². The van der Waals surface area contributed by atoms with E-state index in [1.165, 1.54) is 0 Å². The number of hydrogen-bond donors (Lipinski definition) is 1. The molecule has 2 aromatic carbocycles. The van der Waals surface area contributed by atoms with Gasteiger partial charge in [-0.1, -0.05) is 48.5 Å². The SMILES string of the molecule is NC(=S)N(/N=C(\CCCCl)c1ccccc1)c1ccccc1. The van der Waals surface area contributed by atoms with Gasteiger partial charge < -0.3 is 5.73 Å². The molecule has 0 saturated heterocycles. The monoisotopic (exact) mass is 331 g/mol. The van der Waals surface area contributed by atoms with Crippen molar-refractivity contribution in [2.45, 2.75) is 12.8 Å². The number of halogens is 1. The molecule has 2 aromatic rings. The van der Waals surface area contributed by atoms with E-state index in [0.29, 0.717) is 5.88 Å². The van der Waals surface area contributed by atoms with Crippen molar-refractivity contribution in [3.8, 4) is 0 Å². The highest BCUT2D eigenvalue weighted by Crippen LogP contribution is 2.16. The Morgan fingerprint density at radius 1 is 1.05 bits per heavy atom. The average Bonchev–Trinajstić information content (AvgIpc) is 2.56. The molecular formula is C17H18ClN3S. The Balaban J connectivity index is 2.38. The first-order chi connectivity index (χ1) is 10.7. The van der Waals surface area contributed by atoms with Crippen LogP contribution in [0.4, 0.5) is 5.69 Å². The zero-order valence-electron chi connectivity index (χ0n) is 12.2. The molecule has 2 N–H and O–H groups in total. The van der Waals surface area contributed by atoms with Gasteiger partial charge in [0.15, 0.2) is 5.11 Å². The van der Waals surface area contributed by atoms with E-state index in [1.807, 2.05) is 60.7 Å². The van der Waals surface area contributed by atoms with Gasteiger partial charge in [-0.3, -0.25) is 0 Å². The number of benzene rings is 2. The van der Waals surface area contributed by atoms with Crippen LogP contribution in [-0.2, 0) is 0 Å². The van der Waals surface area contributed by atoms with E-state index < -0.39 is 0 Å². The quantitative estimate of drug-likeness (QED) is 0.374. The fourth-order valence-corrected chi connectivity index (χ4v) is 2.32. The number of nitrogens with two attached hydrogens (primary N) is 1. The summed E-state index contributed by atoms with van der Waals surface area (Å²) in [4.78, 5) is 0. The Bertz CT molecular complexity index is 629. The summed E-state index contributed by atoms with van der Waals surface area (Å²) in [5, 5.41) is 6.48. The number of anilines is 1. The minimum Gasteiger partial charge on any atom is -0.374 e. The third-order valence-electron chi connectivity index (χ3n) is 3.08. The van der Waals surface area contributed by atoms with Crippen molar-refractivity contribution in [1.82, 2.24) is 0 Å². The molecule has 0 unspecified atom stereocenters. The molecule has 0 fully saturated rings. The van der Waals surface area contributed by atoms with Gasteiger partial charge in [-0.25, -0.2) is 5.01 Å². The summed E-state index contributed by atoms with van der Waals surface area (Å²) in [5.74, 6) is 0.588. The fraction of sp³-hybridized carbons (Fsp3) is 0.176. The third kappa shape index (κ3) is 4.55. The lowest BCUT2D eigenvalue weighted by Gasteiger charge is -2.19. The lowest BCUT2D eigenvalue weighted by molar-refractivity contribution is 0.982. The Hall–Kier alpha value is -1.91. The van der Waals surface area contributed by atoms with Crippen molar-refractivity contribution in [3.63, 3.8) is 0 Å². The van der Waals surface area contributed by atoms with Crippen molar-refractivity contribution in [3.05, 3.63) is 66.2 Å². The summed E-state index contributed by atoms with van der Waals surface area (Å²) in [6.45, 7) is 0. The molecule has 0 atom stereocenters. The predicted molar refractivity (Wildman–Crippen MR) is 98.6 cm³/mol. The standard InChI is InChI=1S/C17H18ClN3S/c18-13-7-12-16(14-8-3-1-4-9-14)20-21(17(19)22)15-10-5-2-6-11-15/h1-6,8-11H,7,12-13H2,(H2,19,22)/b20-16+. The highest BCUT2D eigenvalue weighted by molar-refractivity contribution is 7.80. The molecule has 0 bridgehead atoms. The summed E-state index contributed by atoms with van der Waals surface area (Å²) >= 11 is 11.0. The van der Waals surface area contributed by atoms with Crippen LogP contribution in [0.1, 0.15) is 18.4 Å². The Kier molecular flexibility index (Phi) is 6.37. The molecule has 0 aliphatic rings. The minimum absolute atomic E-state index is 0.213. The summed E-state index contributed by atoms with van der Waals surface area (Å²) < 4.78 is 0. The summed E-state index contributed by atoms with van der Waals surface area (Å²) in [5.41, 5.74) is 8.65. The van der Waals surface area contributed by atoms with Crippen LogP contribution in [0.15, 0.2) is 65.8 Å². The van der Waals surface area contributed by atoms with Gasteiger partial charge in [0, 0.05) is 5.88 Å². The first-order valence-corrected chi connectivity index (χ1v) is 8.00. The van der Waals surface area contributed by atoms with Crippen LogP contribution in [-0.4, -0.2) is 16.7 Å². The second-order valence-electron chi connectivity index (χ2n) is 4.69. The van der Waals surface area contributed by atoms with Gasteiger partial charge in [-0.05, 0) is 42.8 Å². The third-order valence-corrected chi connectivity index (χ3v) is 3.52. The predicted octanol–water partition coefficient (Wildman–Crippen LogP) is 4.16. The summed E-state index contributed by atoms with van der Waals surface area (Å²) in [7, 11) is 0. The number of para-hydroxylation sites is 1. The maximum atomic E-state index is 5.85. The average molecular weight is 332 g/mol. The Morgan fingerprint density at radius 3 is 2.18 bits per heavy atom. The molecule has 3 nitrogen and oxygen atoms in total. The van der Waals surface area contributed by atoms with Crippen molar-refractivity contribution < 1.29 is 0 Å². The number of hydrazone groups is 1. The van der Waals surface area contributed by atoms with Crippen molar-refractivity contribution in [2.24, 2.45) is 10.8 Å². The molecule has 114 valence electrons. The zero-order chi connectivity index (χ0) is 15.8. The molecule has 0 amide bonds. The Morgan fingerprint density at radius 2 is 1.64 bits per heavy atom. The van der Waals surface area contributed by atoms with Gasteiger partial charge in [0.05, 0.1) is 11.4 Å². The molecule has 0 aliphatic carbocycles. The first-order valence-electron chi connectivity index (χ1n) is 7.06. The summed E-state index contributed by atoms with van der Waals surface area (Å²) in [6.07, 6.45) is 1.61. The molecule has 0 spiro atoms. The molecule has 0 radical (unpaired) electrons. The topological polar surface area (TPSA) is 41.6 Å². The smallest absolute Gasteiger partial charge is 0.191 e. The van der Waals surface area contributed by atoms with E-state index in [-0.39, 0.29) is 5.11 Å². The normalized spacial score (nSPS) is 11.2. The van der Waals surface area contributed by atoms with Crippen LogP contribution in [0.25, 0.3) is 0 Å². The first kappa shape index (κ1) is 16.5. The van der Waals surface area contributed by atoms with E-state index in [4.69, 9.17) is 29.6 Å². The van der Waals surface area contributed by atoms with Crippen LogP contribution in [0.2, 0.25) is 0 Å². The lowest BCUT2D eigenvalue weighted by atomic mass is 10.1. The fourth-order valence-electron chi connectivity index (χ4n) is 2.04. The maximum absolute atomic E-state index is 5.85. The maximum Gasteiger partial charge on any atom is 0.191 e. The van der Waals surface area contributed by atoms with Crippen LogP contribution >= 0.6 is 23.8 Å². The second kappa shape index (κ2) is 8.51. The number of nitrogens with zero attached hydrogens (tertiary/aromatic N) is 2. The van der Waals surface area contributed by atoms with Gasteiger partial charge in [0.25, 0.3) is 0 Å². The van der Waals surface area contributed by atoms with E-state index >= 15 is 0 Å². The molecular weight excluding hydrogens is 314 g/mol. The number of thiocarbonyl (C=S) groups is 1.